The Bertz CT molecular complexity index is 409. The van der Waals surface area contributed by atoms with Crippen LogP contribution in [0.4, 0.5) is 4.39 Å². The normalized spacial score (nSPS) is 25.3. The highest BCUT2D eigenvalue weighted by Gasteiger charge is 2.31. The van der Waals surface area contributed by atoms with Gasteiger partial charge in [-0.25, -0.2) is 4.39 Å². The van der Waals surface area contributed by atoms with Crippen LogP contribution in [0.5, 0.6) is 0 Å². The van der Waals surface area contributed by atoms with E-state index in [1.54, 1.807) is 0 Å². The largest absolute Gasteiger partial charge is 0.326 e. The Morgan fingerprint density at radius 3 is 2.94 bits per heavy atom. The lowest BCUT2D eigenvalue weighted by Crippen LogP contribution is -2.46. The maximum absolute atomic E-state index is 14.1. The zero-order valence-electron chi connectivity index (χ0n) is 10.7. The molecule has 0 radical (unpaired) electrons. The fraction of sp³-hybridized carbons (Fsp3) is 0.571. The number of likely N-dealkylation sites (tertiary alicyclic amines) is 1. The number of hydrogen-bond acceptors (Lipinski definition) is 2. The minimum absolute atomic E-state index is 0.0202. The lowest BCUT2D eigenvalue weighted by molar-refractivity contribution is 0.125. The first-order valence-corrected chi connectivity index (χ1v) is 7.37. The Balaban J connectivity index is 2.31. The maximum atomic E-state index is 14.1. The topological polar surface area (TPSA) is 29.3 Å². The summed E-state index contributed by atoms with van der Waals surface area (Å²) in [6, 6.07) is 5.33. The molecule has 1 heterocycles. The van der Waals surface area contributed by atoms with E-state index in [1.165, 1.54) is 6.07 Å². The average molecular weight is 315 g/mol. The van der Waals surface area contributed by atoms with Gasteiger partial charge in [-0.2, -0.15) is 0 Å². The van der Waals surface area contributed by atoms with Crippen LogP contribution >= 0.6 is 15.9 Å². The van der Waals surface area contributed by atoms with Crippen molar-refractivity contribution in [1.29, 1.82) is 0 Å². The number of halogens is 2. The molecular weight excluding hydrogens is 295 g/mol. The predicted octanol–water partition coefficient (Wildman–Crippen LogP) is 3.46. The summed E-state index contributed by atoms with van der Waals surface area (Å²) in [4.78, 5) is 2.32. The Hall–Kier alpha value is -0.450. The van der Waals surface area contributed by atoms with Gasteiger partial charge in [0.25, 0.3) is 0 Å². The van der Waals surface area contributed by atoms with Gasteiger partial charge in [0.1, 0.15) is 5.82 Å². The van der Waals surface area contributed by atoms with E-state index in [4.69, 9.17) is 5.73 Å². The quantitative estimate of drug-likeness (QED) is 0.925. The fourth-order valence-electron chi connectivity index (χ4n) is 2.80. The van der Waals surface area contributed by atoms with Gasteiger partial charge in [-0.15, -0.1) is 0 Å². The molecule has 0 amide bonds. The summed E-state index contributed by atoms with van der Waals surface area (Å²) >= 11 is 3.30. The maximum Gasteiger partial charge on any atom is 0.129 e. The molecular formula is C14H20BrFN2. The predicted molar refractivity (Wildman–Crippen MR) is 75.9 cm³/mol. The Morgan fingerprint density at radius 2 is 2.28 bits per heavy atom. The summed E-state index contributed by atoms with van der Waals surface area (Å²) in [5.74, 6) is -0.159. The molecule has 1 fully saturated rings. The monoisotopic (exact) mass is 314 g/mol. The summed E-state index contributed by atoms with van der Waals surface area (Å²) in [7, 11) is 0. The van der Waals surface area contributed by atoms with Gasteiger partial charge in [-0.1, -0.05) is 28.9 Å². The van der Waals surface area contributed by atoms with Gasteiger partial charge in [0.2, 0.25) is 0 Å². The zero-order valence-corrected chi connectivity index (χ0v) is 12.3. The van der Waals surface area contributed by atoms with Gasteiger partial charge in [-0.05, 0) is 44.5 Å². The van der Waals surface area contributed by atoms with E-state index in [0.717, 1.165) is 42.4 Å². The molecule has 0 aromatic heterocycles. The lowest BCUT2D eigenvalue weighted by Gasteiger charge is -2.40. The molecule has 18 heavy (non-hydrogen) atoms. The third kappa shape index (κ3) is 2.92. The van der Waals surface area contributed by atoms with E-state index in [2.05, 4.69) is 27.8 Å². The molecule has 2 N–H and O–H groups in total. The zero-order chi connectivity index (χ0) is 13.1. The van der Waals surface area contributed by atoms with Crippen molar-refractivity contribution < 1.29 is 4.39 Å². The highest BCUT2D eigenvalue weighted by Crippen LogP contribution is 2.32. The van der Waals surface area contributed by atoms with Crippen LogP contribution in [0.1, 0.15) is 37.8 Å². The van der Waals surface area contributed by atoms with Crippen molar-refractivity contribution in [2.24, 2.45) is 5.73 Å². The molecule has 2 unspecified atom stereocenters. The molecule has 0 saturated carbocycles. The minimum Gasteiger partial charge on any atom is -0.326 e. The minimum atomic E-state index is -0.159. The van der Waals surface area contributed by atoms with E-state index in [1.807, 2.05) is 12.1 Å². The van der Waals surface area contributed by atoms with E-state index < -0.39 is 0 Å². The highest BCUT2D eigenvalue weighted by atomic mass is 79.9. The smallest absolute Gasteiger partial charge is 0.129 e. The molecule has 100 valence electrons. The second kappa shape index (κ2) is 6.13. The standard InChI is InChI=1S/C14H20BrFN2/c1-2-7-18-8-3-4-13(17)14(18)11-6-5-10(15)9-12(11)16/h5-6,9,13-14H,2-4,7-8,17H2,1H3. The van der Waals surface area contributed by atoms with E-state index in [-0.39, 0.29) is 17.9 Å². The van der Waals surface area contributed by atoms with Crippen LogP contribution in [-0.4, -0.2) is 24.0 Å². The van der Waals surface area contributed by atoms with E-state index in [0.29, 0.717) is 0 Å². The first-order valence-electron chi connectivity index (χ1n) is 6.58. The first kappa shape index (κ1) is 14.0. The molecule has 2 atom stereocenters. The summed E-state index contributed by atoms with van der Waals surface area (Å²) in [6.45, 7) is 4.14. The van der Waals surface area contributed by atoms with Crippen LogP contribution in [0.15, 0.2) is 22.7 Å². The fourth-order valence-corrected chi connectivity index (χ4v) is 3.14. The van der Waals surface area contributed by atoms with Gasteiger partial charge in [0.15, 0.2) is 0 Å². The highest BCUT2D eigenvalue weighted by molar-refractivity contribution is 9.10. The lowest BCUT2D eigenvalue weighted by atomic mass is 9.90. The average Bonchev–Trinajstić information content (AvgIpc) is 2.31. The molecule has 0 bridgehead atoms. The van der Waals surface area contributed by atoms with Crippen LogP contribution in [0, 0.1) is 5.82 Å². The number of piperidine rings is 1. The van der Waals surface area contributed by atoms with E-state index >= 15 is 0 Å². The summed E-state index contributed by atoms with van der Waals surface area (Å²) < 4.78 is 14.9. The first-order chi connectivity index (χ1) is 8.63. The van der Waals surface area contributed by atoms with Crippen LogP contribution in [0.3, 0.4) is 0 Å². The van der Waals surface area contributed by atoms with Crippen LogP contribution in [-0.2, 0) is 0 Å². The second-order valence-electron chi connectivity index (χ2n) is 4.95. The molecule has 4 heteroatoms. The molecule has 1 saturated heterocycles. The number of benzene rings is 1. The summed E-state index contributed by atoms with van der Waals surface area (Å²) in [5.41, 5.74) is 6.95. The van der Waals surface area contributed by atoms with Crippen molar-refractivity contribution in [1.82, 2.24) is 4.90 Å². The summed E-state index contributed by atoms with van der Waals surface area (Å²) in [5, 5.41) is 0. The van der Waals surface area contributed by atoms with Crippen molar-refractivity contribution in [2.75, 3.05) is 13.1 Å². The van der Waals surface area contributed by atoms with Crippen LogP contribution in [0.2, 0.25) is 0 Å². The van der Waals surface area contributed by atoms with Gasteiger partial charge < -0.3 is 5.73 Å². The van der Waals surface area contributed by atoms with E-state index in [9.17, 15) is 4.39 Å². The number of nitrogens with two attached hydrogens (primary N) is 1. The second-order valence-corrected chi connectivity index (χ2v) is 5.87. The van der Waals surface area contributed by atoms with Gasteiger partial charge >= 0.3 is 0 Å². The van der Waals surface area contributed by atoms with Crippen LogP contribution in [0.25, 0.3) is 0 Å². The Morgan fingerprint density at radius 1 is 1.50 bits per heavy atom. The molecule has 0 spiro atoms. The van der Waals surface area contributed by atoms with Crippen molar-refractivity contribution >= 4 is 15.9 Å². The molecule has 0 aliphatic carbocycles. The Kier molecular flexibility index (Phi) is 4.76. The van der Waals surface area contributed by atoms with Crippen LogP contribution < -0.4 is 5.73 Å². The van der Waals surface area contributed by atoms with Gasteiger partial charge in [-0.3, -0.25) is 4.90 Å². The molecule has 1 aromatic carbocycles. The third-order valence-corrected chi connectivity index (χ3v) is 4.07. The third-order valence-electron chi connectivity index (χ3n) is 3.57. The molecule has 2 nitrogen and oxygen atoms in total. The summed E-state index contributed by atoms with van der Waals surface area (Å²) in [6.07, 6.45) is 3.15. The Labute approximate surface area is 116 Å². The van der Waals surface area contributed by atoms with Crippen molar-refractivity contribution in [2.45, 2.75) is 38.3 Å². The molecule has 1 aliphatic heterocycles. The molecule has 1 aromatic rings. The van der Waals surface area contributed by atoms with Crippen molar-refractivity contribution in [3.8, 4) is 0 Å². The SMILES string of the molecule is CCCN1CCCC(N)C1c1ccc(Br)cc1F. The van der Waals surface area contributed by atoms with Crippen molar-refractivity contribution in [3.63, 3.8) is 0 Å². The number of nitrogens with zero attached hydrogens (tertiary/aromatic N) is 1. The molecule has 2 rings (SSSR count). The van der Waals surface area contributed by atoms with Crippen molar-refractivity contribution in [3.05, 3.63) is 34.1 Å². The van der Waals surface area contributed by atoms with Gasteiger partial charge in [0.05, 0.1) is 6.04 Å². The number of hydrogen-bond donors (Lipinski definition) is 1. The van der Waals surface area contributed by atoms with Gasteiger partial charge in [0, 0.05) is 16.1 Å². The molecule has 1 aliphatic rings. The number of rotatable bonds is 3.